The molecule has 2 aromatic rings. The van der Waals surface area contributed by atoms with Gasteiger partial charge < -0.3 is 15.2 Å². The maximum absolute atomic E-state index is 13.8. The Balaban J connectivity index is 1.86. The Kier molecular flexibility index (Phi) is 3.06. The Labute approximate surface area is 118 Å². The number of hydrogen-bond acceptors (Lipinski definition) is 3. The van der Waals surface area contributed by atoms with Crippen LogP contribution in [0, 0.1) is 5.82 Å². The van der Waals surface area contributed by atoms with E-state index in [0.29, 0.717) is 22.5 Å². The third-order valence-electron chi connectivity index (χ3n) is 3.04. The number of rotatable bonds is 2. The molecule has 3 rings (SSSR count). The summed E-state index contributed by atoms with van der Waals surface area (Å²) in [5, 5.41) is 12.5. The molecule has 0 saturated heterocycles. The molecule has 1 atom stereocenters. The maximum Gasteiger partial charge on any atom is 0.147 e. The summed E-state index contributed by atoms with van der Waals surface area (Å²) in [6.45, 7) is 0.411. The highest BCUT2D eigenvalue weighted by atomic mass is 79.9. The number of phenolic OH excluding ortho intramolecular Hbond substituents is 1. The van der Waals surface area contributed by atoms with Crippen LogP contribution in [0.4, 0.5) is 10.1 Å². The van der Waals surface area contributed by atoms with Gasteiger partial charge in [-0.3, -0.25) is 0 Å². The van der Waals surface area contributed by atoms with Gasteiger partial charge in [0.25, 0.3) is 0 Å². The first kappa shape index (κ1) is 12.3. The lowest BCUT2D eigenvalue weighted by Gasteiger charge is -2.14. The topological polar surface area (TPSA) is 41.5 Å². The molecule has 0 aromatic heterocycles. The van der Waals surface area contributed by atoms with Crippen LogP contribution in [0.1, 0.15) is 11.6 Å². The van der Waals surface area contributed by atoms with Crippen LogP contribution in [-0.2, 0) is 0 Å². The summed E-state index contributed by atoms with van der Waals surface area (Å²) in [7, 11) is 0. The zero-order valence-corrected chi connectivity index (χ0v) is 11.4. The van der Waals surface area contributed by atoms with Crippen molar-refractivity contribution < 1.29 is 14.2 Å². The van der Waals surface area contributed by atoms with Crippen molar-refractivity contribution in [2.45, 2.75) is 6.04 Å². The summed E-state index contributed by atoms with van der Waals surface area (Å²) < 4.78 is 19.9. The van der Waals surface area contributed by atoms with Gasteiger partial charge in [-0.2, -0.15) is 0 Å². The first-order valence-electron chi connectivity index (χ1n) is 5.81. The fourth-order valence-electron chi connectivity index (χ4n) is 2.11. The van der Waals surface area contributed by atoms with Crippen molar-refractivity contribution in [3.8, 4) is 11.5 Å². The predicted molar refractivity (Wildman–Crippen MR) is 74.1 cm³/mol. The Morgan fingerprint density at radius 2 is 2.11 bits per heavy atom. The highest BCUT2D eigenvalue weighted by Gasteiger charge is 2.25. The van der Waals surface area contributed by atoms with Gasteiger partial charge in [-0.15, -0.1) is 0 Å². The Morgan fingerprint density at radius 1 is 1.26 bits per heavy atom. The minimum atomic E-state index is -0.318. The van der Waals surface area contributed by atoms with Crippen molar-refractivity contribution in [1.82, 2.24) is 0 Å². The third-order valence-corrected chi connectivity index (χ3v) is 3.53. The third kappa shape index (κ3) is 2.38. The van der Waals surface area contributed by atoms with Gasteiger partial charge in [0.05, 0.1) is 11.7 Å². The van der Waals surface area contributed by atoms with Crippen molar-refractivity contribution in [3.63, 3.8) is 0 Å². The van der Waals surface area contributed by atoms with E-state index < -0.39 is 0 Å². The Morgan fingerprint density at radius 3 is 2.89 bits per heavy atom. The second-order valence-electron chi connectivity index (χ2n) is 4.35. The van der Waals surface area contributed by atoms with Crippen LogP contribution in [-0.4, -0.2) is 11.7 Å². The molecule has 3 nitrogen and oxygen atoms in total. The number of halogens is 2. The quantitative estimate of drug-likeness (QED) is 0.882. The summed E-state index contributed by atoms with van der Waals surface area (Å²) in [4.78, 5) is 0. The molecule has 0 fully saturated rings. The van der Waals surface area contributed by atoms with Gasteiger partial charge in [-0.05, 0) is 30.3 Å². The summed E-state index contributed by atoms with van der Waals surface area (Å²) in [6, 6.07) is 9.69. The molecule has 1 aliphatic heterocycles. The number of phenols is 1. The first-order chi connectivity index (χ1) is 9.13. The lowest BCUT2D eigenvalue weighted by atomic mass is 10.1. The largest absolute Gasteiger partial charge is 0.508 e. The van der Waals surface area contributed by atoms with Crippen LogP contribution in [0.25, 0.3) is 0 Å². The number of hydrogen-bond donors (Lipinski definition) is 2. The van der Waals surface area contributed by atoms with Crippen molar-refractivity contribution in [3.05, 3.63) is 52.3 Å². The van der Waals surface area contributed by atoms with Crippen LogP contribution in [0.2, 0.25) is 0 Å². The van der Waals surface area contributed by atoms with E-state index in [4.69, 9.17) is 4.74 Å². The SMILES string of the molecule is Oc1ccc2c(c1)OCC2Nc1ccc(Br)cc1F. The second-order valence-corrected chi connectivity index (χ2v) is 5.27. The van der Waals surface area contributed by atoms with Gasteiger partial charge >= 0.3 is 0 Å². The molecule has 0 saturated carbocycles. The highest BCUT2D eigenvalue weighted by Crippen LogP contribution is 2.37. The smallest absolute Gasteiger partial charge is 0.147 e. The molecule has 19 heavy (non-hydrogen) atoms. The molecule has 0 radical (unpaired) electrons. The Hall–Kier alpha value is -1.75. The number of aromatic hydroxyl groups is 1. The van der Waals surface area contributed by atoms with E-state index >= 15 is 0 Å². The lowest BCUT2D eigenvalue weighted by molar-refractivity contribution is 0.338. The van der Waals surface area contributed by atoms with Crippen LogP contribution in [0.3, 0.4) is 0 Å². The Bertz CT molecular complexity index is 633. The summed E-state index contributed by atoms with van der Waals surface area (Å²) >= 11 is 3.22. The number of benzene rings is 2. The first-order valence-corrected chi connectivity index (χ1v) is 6.60. The van der Waals surface area contributed by atoms with E-state index in [1.54, 1.807) is 30.3 Å². The number of anilines is 1. The van der Waals surface area contributed by atoms with Crippen molar-refractivity contribution in [2.75, 3.05) is 11.9 Å². The predicted octanol–water partition coefficient (Wildman–Crippen LogP) is 3.84. The molecule has 2 aromatic carbocycles. The average molecular weight is 324 g/mol. The maximum atomic E-state index is 13.8. The zero-order chi connectivity index (χ0) is 13.4. The molecule has 98 valence electrons. The molecule has 0 bridgehead atoms. The molecule has 0 aliphatic carbocycles. The monoisotopic (exact) mass is 323 g/mol. The van der Waals surface area contributed by atoms with Gasteiger partial charge in [0.15, 0.2) is 0 Å². The average Bonchev–Trinajstić information content (AvgIpc) is 2.75. The van der Waals surface area contributed by atoms with Gasteiger partial charge in [0, 0.05) is 16.1 Å². The number of ether oxygens (including phenoxy) is 1. The van der Waals surface area contributed by atoms with E-state index in [1.165, 1.54) is 6.07 Å². The molecule has 5 heteroatoms. The molecular weight excluding hydrogens is 313 g/mol. The van der Waals surface area contributed by atoms with E-state index in [9.17, 15) is 9.50 Å². The second kappa shape index (κ2) is 4.74. The summed E-state index contributed by atoms with van der Waals surface area (Å²) in [5.41, 5.74) is 1.35. The number of fused-ring (bicyclic) bond motifs is 1. The molecular formula is C14H11BrFNO2. The van der Waals surface area contributed by atoms with Crippen molar-refractivity contribution in [2.24, 2.45) is 0 Å². The van der Waals surface area contributed by atoms with E-state index in [0.717, 1.165) is 5.56 Å². The van der Waals surface area contributed by atoms with E-state index in [2.05, 4.69) is 21.2 Å². The van der Waals surface area contributed by atoms with Crippen molar-refractivity contribution >= 4 is 21.6 Å². The minimum Gasteiger partial charge on any atom is -0.508 e. The molecule has 0 amide bonds. The van der Waals surface area contributed by atoms with E-state index in [-0.39, 0.29) is 17.6 Å². The van der Waals surface area contributed by atoms with Gasteiger partial charge in [-0.1, -0.05) is 15.9 Å². The summed E-state index contributed by atoms with van der Waals surface area (Å²) in [6.07, 6.45) is 0. The molecule has 1 heterocycles. The van der Waals surface area contributed by atoms with Gasteiger partial charge in [-0.25, -0.2) is 4.39 Å². The van der Waals surface area contributed by atoms with Crippen LogP contribution in [0.5, 0.6) is 11.5 Å². The standard InChI is InChI=1S/C14H11BrFNO2/c15-8-1-4-12(11(16)5-8)17-13-7-19-14-6-9(18)2-3-10(13)14/h1-6,13,17-18H,7H2. The summed E-state index contributed by atoms with van der Waals surface area (Å²) in [5.74, 6) is 0.478. The van der Waals surface area contributed by atoms with E-state index in [1.807, 2.05) is 0 Å². The lowest BCUT2D eigenvalue weighted by Crippen LogP contribution is -2.12. The van der Waals surface area contributed by atoms with Gasteiger partial charge in [0.1, 0.15) is 23.9 Å². The fraction of sp³-hybridized carbons (Fsp3) is 0.143. The zero-order valence-electron chi connectivity index (χ0n) is 9.86. The minimum absolute atomic E-state index is 0.119. The van der Waals surface area contributed by atoms with Gasteiger partial charge in [0.2, 0.25) is 0 Å². The fourth-order valence-corrected chi connectivity index (χ4v) is 2.45. The highest BCUT2D eigenvalue weighted by molar-refractivity contribution is 9.10. The normalized spacial score (nSPS) is 16.8. The van der Waals surface area contributed by atoms with Crippen LogP contribution in [0.15, 0.2) is 40.9 Å². The number of nitrogens with one attached hydrogen (secondary N) is 1. The molecule has 0 spiro atoms. The van der Waals surface area contributed by atoms with Crippen molar-refractivity contribution in [1.29, 1.82) is 0 Å². The molecule has 2 N–H and O–H groups in total. The van der Waals surface area contributed by atoms with Crippen LogP contribution < -0.4 is 10.1 Å². The van der Waals surface area contributed by atoms with Crippen LogP contribution >= 0.6 is 15.9 Å². The molecule has 1 aliphatic rings. The molecule has 1 unspecified atom stereocenters.